The highest BCUT2D eigenvalue weighted by Gasteiger charge is 2.30. The number of allylic oxidation sites excluding steroid dienone is 2. The van der Waals surface area contributed by atoms with Gasteiger partial charge in [-0.05, 0) is 50.6 Å². The van der Waals surface area contributed by atoms with Gasteiger partial charge in [0.1, 0.15) is 23.9 Å². The van der Waals surface area contributed by atoms with E-state index in [9.17, 15) is 4.79 Å². The maximum atomic E-state index is 12.5. The standard InChI is InChI=1S/C19H18O4/c1-12(2)6-8-22-15-9-13(3)18-16(11-15)23-17(19(18)20)10-14-5-4-7-21-14/h4-7,9-11H,8H2,1-3H3/b17-10-. The second-order valence-electron chi connectivity index (χ2n) is 5.66. The molecule has 0 saturated carbocycles. The third-order valence-electron chi connectivity index (χ3n) is 3.50. The molecule has 0 radical (unpaired) electrons. The van der Waals surface area contributed by atoms with Crippen molar-refractivity contribution in [1.29, 1.82) is 0 Å². The second kappa shape index (κ2) is 6.16. The lowest BCUT2D eigenvalue weighted by Gasteiger charge is -2.07. The molecule has 1 aromatic heterocycles. The summed E-state index contributed by atoms with van der Waals surface area (Å²) in [6.07, 6.45) is 5.15. The van der Waals surface area contributed by atoms with Crippen LogP contribution in [0.15, 0.2) is 52.4 Å². The van der Waals surface area contributed by atoms with Crippen LogP contribution in [0.2, 0.25) is 0 Å². The van der Waals surface area contributed by atoms with Gasteiger partial charge in [-0.15, -0.1) is 0 Å². The summed E-state index contributed by atoms with van der Waals surface area (Å²) < 4.78 is 16.6. The summed E-state index contributed by atoms with van der Waals surface area (Å²) in [4.78, 5) is 12.5. The monoisotopic (exact) mass is 310 g/mol. The fourth-order valence-electron chi connectivity index (χ4n) is 2.37. The van der Waals surface area contributed by atoms with Crippen LogP contribution in [-0.2, 0) is 0 Å². The lowest BCUT2D eigenvalue weighted by Crippen LogP contribution is -1.99. The van der Waals surface area contributed by atoms with E-state index in [1.807, 2.05) is 32.9 Å². The Bertz CT molecular complexity index is 791. The zero-order valence-corrected chi connectivity index (χ0v) is 13.4. The first-order valence-electron chi connectivity index (χ1n) is 7.43. The molecule has 0 spiro atoms. The molecule has 0 aliphatic carbocycles. The molecule has 3 rings (SSSR count). The van der Waals surface area contributed by atoms with Crippen molar-refractivity contribution in [3.63, 3.8) is 0 Å². The third-order valence-corrected chi connectivity index (χ3v) is 3.50. The van der Waals surface area contributed by atoms with E-state index in [0.29, 0.717) is 29.4 Å². The van der Waals surface area contributed by atoms with Gasteiger partial charge >= 0.3 is 0 Å². The zero-order chi connectivity index (χ0) is 16.4. The molecule has 0 saturated heterocycles. The van der Waals surface area contributed by atoms with E-state index >= 15 is 0 Å². The Balaban J connectivity index is 1.86. The van der Waals surface area contributed by atoms with Gasteiger partial charge in [-0.25, -0.2) is 0 Å². The minimum atomic E-state index is -0.134. The molecular weight excluding hydrogens is 292 g/mol. The average molecular weight is 310 g/mol. The molecule has 0 N–H and O–H groups in total. The van der Waals surface area contributed by atoms with Crippen molar-refractivity contribution in [2.75, 3.05) is 6.61 Å². The SMILES string of the molecule is CC(C)=CCOc1cc(C)c2c(c1)O/C(=C\c1ccco1)C2=O. The highest BCUT2D eigenvalue weighted by molar-refractivity contribution is 6.15. The molecule has 1 aromatic carbocycles. The van der Waals surface area contributed by atoms with Crippen molar-refractivity contribution >= 4 is 11.9 Å². The summed E-state index contributed by atoms with van der Waals surface area (Å²) in [5.41, 5.74) is 2.61. The Morgan fingerprint density at radius 3 is 2.83 bits per heavy atom. The Hall–Kier alpha value is -2.75. The predicted molar refractivity (Wildman–Crippen MR) is 87.7 cm³/mol. The van der Waals surface area contributed by atoms with Crippen molar-refractivity contribution in [1.82, 2.24) is 0 Å². The zero-order valence-electron chi connectivity index (χ0n) is 13.4. The number of rotatable bonds is 4. The van der Waals surface area contributed by atoms with Gasteiger partial charge in [-0.2, -0.15) is 0 Å². The largest absolute Gasteiger partial charge is 0.489 e. The lowest BCUT2D eigenvalue weighted by molar-refractivity contribution is 0.101. The van der Waals surface area contributed by atoms with E-state index in [1.54, 1.807) is 30.5 Å². The summed E-state index contributed by atoms with van der Waals surface area (Å²) in [6.45, 7) is 6.41. The van der Waals surface area contributed by atoms with Gasteiger partial charge in [0.05, 0.1) is 11.8 Å². The van der Waals surface area contributed by atoms with Crippen LogP contribution < -0.4 is 9.47 Å². The van der Waals surface area contributed by atoms with Gasteiger partial charge in [-0.1, -0.05) is 5.57 Å². The first-order chi connectivity index (χ1) is 11.0. The van der Waals surface area contributed by atoms with E-state index in [0.717, 1.165) is 5.56 Å². The van der Waals surface area contributed by atoms with Crippen LogP contribution in [0.4, 0.5) is 0 Å². The molecule has 23 heavy (non-hydrogen) atoms. The lowest BCUT2D eigenvalue weighted by atomic mass is 10.0. The first-order valence-corrected chi connectivity index (χ1v) is 7.43. The number of ketones is 1. The van der Waals surface area contributed by atoms with Crippen LogP contribution in [0, 0.1) is 6.92 Å². The highest BCUT2D eigenvalue weighted by Crippen LogP contribution is 2.37. The van der Waals surface area contributed by atoms with Gasteiger partial charge < -0.3 is 13.9 Å². The van der Waals surface area contributed by atoms with Gasteiger partial charge in [-0.3, -0.25) is 4.79 Å². The van der Waals surface area contributed by atoms with Crippen molar-refractivity contribution in [2.24, 2.45) is 0 Å². The molecule has 2 aromatic rings. The maximum absolute atomic E-state index is 12.5. The van der Waals surface area contributed by atoms with E-state index in [2.05, 4.69) is 0 Å². The second-order valence-corrected chi connectivity index (χ2v) is 5.66. The summed E-state index contributed by atoms with van der Waals surface area (Å²) in [5, 5.41) is 0. The number of carbonyl (C=O) groups is 1. The van der Waals surface area contributed by atoms with Crippen LogP contribution in [0.1, 0.15) is 35.5 Å². The third kappa shape index (κ3) is 3.21. The fourth-order valence-corrected chi connectivity index (χ4v) is 2.37. The minimum absolute atomic E-state index is 0.134. The van der Waals surface area contributed by atoms with E-state index in [4.69, 9.17) is 13.9 Å². The van der Waals surface area contributed by atoms with Crippen LogP contribution in [0.25, 0.3) is 6.08 Å². The van der Waals surface area contributed by atoms with E-state index in [-0.39, 0.29) is 11.5 Å². The quantitative estimate of drug-likeness (QED) is 0.614. The molecule has 2 heterocycles. The summed E-state index contributed by atoms with van der Waals surface area (Å²) in [6, 6.07) is 7.14. The minimum Gasteiger partial charge on any atom is -0.489 e. The molecule has 0 amide bonds. The average Bonchev–Trinajstić information content (AvgIpc) is 3.08. The van der Waals surface area contributed by atoms with Gasteiger partial charge in [0, 0.05) is 12.1 Å². The molecular formula is C19H18O4. The van der Waals surface area contributed by atoms with Gasteiger partial charge in [0.25, 0.3) is 0 Å². The number of hydrogen-bond acceptors (Lipinski definition) is 4. The van der Waals surface area contributed by atoms with Crippen molar-refractivity contribution < 1.29 is 18.7 Å². The van der Waals surface area contributed by atoms with Gasteiger partial charge in [0.15, 0.2) is 5.76 Å². The smallest absolute Gasteiger partial charge is 0.232 e. The molecule has 4 heteroatoms. The fraction of sp³-hybridized carbons (Fsp3) is 0.211. The molecule has 1 aliphatic rings. The maximum Gasteiger partial charge on any atom is 0.232 e. The molecule has 118 valence electrons. The van der Waals surface area contributed by atoms with Crippen LogP contribution in [0.5, 0.6) is 11.5 Å². The number of ether oxygens (including phenoxy) is 2. The van der Waals surface area contributed by atoms with E-state index < -0.39 is 0 Å². The molecule has 0 fully saturated rings. The van der Waals surface area contributed by atoms with Gasteiger partial charge in [0.2, 0.25) is 5.78 Å². The van der Waals surface area contributed by atoms with Crippen molar-refractivity contribution in [3.8, 4) is 11.5 Å². The number of benzene rings is 1. The predicted octanol–water partition coefficient (Wildman–Crippen LogP) is 4.55. The van der Waals surface area contributed by atoms with Crippen LogP contribution >= 0.6 is 0 Å². The number of Topliss-reactive ketones (excluding diaryl/α,β-unsaturated/α-hetero) is 1. The van der Waals surface area contributed by atoms with Crippen molar-refractivity contribution in [2.45, 2.75) is 20.8 Å². The number of furan rings is 1. The number of aryl methyl sites for hydroxylation is 1. The number of hydrogen-bond donors (Lipinski definition) is 0. The Labute approximate surface area is 135 Å². The van der Waals surface area contributed by atoms with Crippen LogP contribution in [-0.4, -0.2) is 12.4 Å². The molecule has 0 unspecified atom stereocenters. The Morgan fingerprint density at radius 2 is 2.13 bits per heavy atom. The normalized spacial score (nSPS) is 14.6. The Morgan fingerprint density at radius 1 is 1.30 bits per heavy atom. The topological polar surface area (TPSA) is 48.7 Å². The molecule has 4 nitrogen and oxygen atoms in total. The van der Waals surface area contributed by atoms with Crippen LogP contribution in [0.3, 0.4) is 0 Å². The first kappa shape index (κ1) is 15.2. The van der Waals surface area contributed by atoms with E-state index in [1.165, 1.54) is 5.57 Å². The molecule has 0 atom stereocenters. The summed E-state index contributed by atoms with van der Waals surface area (Å²) >= 11 is 0. The number of carbonyl (C=O) groups excluding carboxylic acids is 1. The molecule has 0 bridgehead atoms. The molecule has 1 aliphatic heterocycles. The Kier molecular flexibility index (Phi) is 4.06. The number of fused-ring (bicyclic) bond motifs is 1. The summed E-state index contributed by atoms with van der Waals surface area (Å²) in [7, 11) is 0. The van der Waals surface area contributed by atoms with Crippen molar-refractivity contribution in [3.05, 3.63) is 64.8 Å². The summed E-state index contributed by atoms with van der Waals surface area (Å²) in [5.74, 6) is 1.92. The highest BCUT2D eigenvalue weighted by atomic mass is 16.5.